The topological polar surface area (TPSA) is 66.9 Å². The fourth-order valence-electron chi connectivity index (χ4n) is 3.24. The van der Waals surface area contributed by atoms with Crippen LogP contribution in [0.1, 0.15) is 34.8 Å². The van der Waals surface area contributed by atoms with Crippen LogP contribution in [-0.2, 0) is 7.05 Å². The fraction of sp³-hybridized carbons (Fsp3) is 0.250. The van der Waals surface area contributed by atoms with Crippen molar-refractivity contribution in [3.63, 3.8) is 0 Å². The highest BCUT2D eigenvalue weighted by molar-refractivity contribution is 7.71. The molecule has 1 atom stereocenters. The third-order valence-corrected chi connectivity index (χ3v) is 5.60. The third kappa shape index (κ3) is 3.55. The first-order valence-electron chi connectivity index (χ1n) is 8.73. The highest BCUT2D eigenvalue weighted by atomic mass is 35.5. The van der Waals surface area contributed by atoms with Gasteiger partial charge in [0.2, 0.25) is 0 Å². The molecule has 1 saturated carbocycles. The molecule has 2 aromatic carbocycles. The molecule has 0 unspecified atom stereocenters. The van der Waals surface area contributed by atoms with E-state index >= 15 is 0 Å². The van der Waals surface area contributed by atoms with Gasteiger partial charge in [-0.1, -0.05) is 23.7 Å². The first kappa shape index (κ1) is 17.9. The summed E-state index contributed by atoms with van der Waals surface area (Å²) in [5.41, 5.74) is 1.91. The van der Waals surface area contributed by atoms with Gasteiger partial charge >= 0.3 is 0 Å². The molecule has 27 heavy (non-hydrogen) atoms. The van der Waals surface area contributed by atoms with Crippen LogP contribution >= 0.6 is 23.8 Å². The lowest BCUT2D eigenvalue weighted by Crippen LogP contribution is -2.30. The average Bonchev–Trinajstić information content (AvgIpc) is 3.49. The maximum Gasteiger partial charge on any atom is 0.261 e. The molecule has 0 bridgehead atoms. The van der Waals surface area contributed by atoms with Gasteiger partial charge in [0.15, 0.2) is 4.77 Å². The zero-order chi connectivity index (χ0) is 19.1. The van der Waals surface area contributed by atoms with E-state index in [1.165, 1.54) is 4.57 Å². The summed E-state index contributed by atoms with van der Waals surface area (Å²) in [6, 6.07) is 12.5. The number of aromatic amines is 1. The van der Waals surface area contributed by atoms with Crippen LogP contribution in [0.15, 0.2) is 47.3 Å². The summed E-state index contributed by atoms with van der Waals surface area (Å²) in [7, 11) is 1.62. The van der Waals surface area contributed by atoms with Gasteiger partial charge in [0, 0.05) is 17.6 Å². The van der Waals surface area contributed by atoms with Crippen LogP contribution in [0.2, 0.25) is 5.02 Å². The van der Waals surface area contributed by atoms with Crippen molar-refractivity contribution in [3.8, 4) is 0 Å². The molecule has 1 fully saturated rings. The molecule has 7 heteroatoms. The summed E-state index contributed by atoms with van der Waals surface area (Å²) in [4.78, 5) is 28.1. The first-order chi connectivity index (χ1) is 12.9. The van der Waals surface area contributed by atoms with Gasteiger partial charge in [0.1, 0.15) is 0 Å². The van der Waals surface area contributed by atoms with Crippen LogP contribution < -0.4 is 10.9 Å². The van der Waals surface area contributed by atoms with Gasteiger partial charge in [-0.05, 0) is 66.9 Å². The number of aromatic nitrogens is 2. The maximum atomic E-state index is 12.8. The van der Waals surface area contributed by atoms with Gasteiger partial charge in [0.05, 0.1) is 16.9 Å². The molecule has 1 aromatic heterocycles. The minimum absolute atomic E-state index is 0.0485. The molecule has 1 aliphatic carbocycles. The number of nitrogens with one attached hydrogen (secondary N) is 2. The standard InChI is InChI=1S/C20H18ClN3O2S/c1-24-19(26)15-9-6-13(10-16(15)22-20(24)27)18(25)23-17(11-2-3-11)12-4-7-14(21)8-5-12/h4-11,17H,2-3H2,1H3,(H,22,27)(H,23,25)/t17-/m0/s1. The molecular weight excluding hydrogens is 382 g/mol. The van der Waals surface area contributed by atoms with Crippen LogP contribution in [-0.4, -0.2) is 15.5 Å². The number of benzene rings is 2. The van der Waals surface area contributed by atoms with E-state index in [1.807, 2.05) is 24.3 Å². The SMILES string of the molecule is Cn1c(=S)[nH]c2cc(C(=O)N[C@H](c3ccc(Cl)cc3)C3CC3)ccc2c1=O. The highest BCUT2D eigenvalue weighted by Crippen LogP contribution is 2.41. The quantitative estimate of drug-likeness (QED) is 0.648. The Morgan fingerprint density at radius 1 is 1.26 bits per heavy atom. The lowest BCUT2D eigenvalue weighted by atomic mass is 10.0. The predicted molar refractivity (Wildman–Crippen MR) is 109 cm³/mol. The molecule has 0 spiro atoms. The summed E-state index contributed by atoms with van der Waals surface area (Å²) in [6.07, 6.45) is 2.18. The van der Waals surface area contributed by atoms with Crippen molar-refractivity contribution in [3.05, 3.63) is 73.7 Å². The average molecular weight is 400 g/mol. The second-order valence-electron chi connectivity index (χ2n) is 6.89. The second-order valence-corrected chi connectivity index (χ2v) is 7.72. The van der Waals surface area contributed by atoms with E-state index in [0.717, 1.165) is 18.4 Å². The lowest BCUT2D eigenvalue weighted by molar-refractivity contribution is 0.0932. The number of nitrogens with zero attached hydrogens (tertiary/aromatic N) is 1. The van der Waals surface area contributed by atoms with Crippen LogP contribution in [0.5, 0.6) is 0 Å². The summed E-state index contributed by atoms with van der Waals surface area (Å²) < 4.78 is 1.70. The van der Waals surface area contributed by atoms with Crippen molar-refractivity contribution in [2.75, 3.05) is 0 Å². The number of hydrogen-bond acceptors (Lipinski definition) is 3. The molecule has 138 valence electrons. The maximum absolute atomic E-state index is 12.8. The van der Waals surface area contributed by atoms with E-state index in [9.17, 15) is 9.59 Å². The minimum atomic E-state index is -0.183. The third-order valence-electron chi connectivity index (χ3n) is 4.97. The number of halogens is 1. The van der Waals surface area contributed by atoms with E-state index < -0.39 is 0 Å². The Bertz CT molecular complexity index is 1150. The molecule has 0 aliphatic heterocycles. The zero-order valence-electron chi connectivity index (χ0n) is 14.7. The Morgan fingerprint density at radius 2 is 1.96 bits per heavy atom. The Kier molecular flexibility index (Phi) is 4.61. The highest BCUT2D eigenvalue weighted by Gasteiger charge is 2.33. The van der Waals surface area contributed by atoms with E-state index in [4.69, 9.17) is 23.8 Å². The van der Waals surface area contributed by atoms with Gasteiger partial charge < -0.3 is 10.3 Å². The molecule has 1 heterocycles. The Hall–Kier alpha value is -2.44. The fourth-order valence-corrected chi connectivity index (χ4v) is 3.56. The number of fused-ring (bicyclic) bond motifs is 1. The summed E-state index contributed by atoms with van der Waals surface area (Å²) in [5.74, 6) is 0.262. The number of hydrogen-bond donors (Lipinski definition) is 2. The van der Waals surface area contributed by atoms with Crippen LogP contribution in [0.25, 0.3) is 10.9 Å². The molecule has 3 aromatic rings. The van der Waals surface area contributed by atoms with E-state index in [1.54, 1.807) is 25.2 Å². The molecule has 2 N–H and O–H groups in total. The van der Waals surface area contributed by atoms with E-state index in [-0.39, 0.29) is 17.5 Å². The van der Waals surface area contributed by atoms with Crippen molar-refractivity contribution >= 4 is 40.6 Å². The zero-order valence-corrected chi connectivity index (χ0v) is 16.2. The molecule has 5 nitrogen and oxygen atoms in total. The lowest BCUT2D eigenvalue weighted by Gasteiger charge is -2.19. The monoisotopic (exact) mass is 399 g/mol. The number of H-pyrrole nitrogens is 1. The Morgan fingerprint density at radius 3 is 2.63 bits per heavy atom. The number of amides is 1. The van der Waals surface area contributed by atoms with Crippen molar-refractivity contribution < 1.29 is 4.79 Å². The van der Waals surface area contributed by atoms with Crippen LogP contribution in [0.4, 0.5) is 0 Å². The Labute approximate surface area is 166 Å². The second kappa shape index (κ2) is 6.94. The van der Waals surface area contributed by atoms with Gasteiger partial charge in [-0.2, -0.15) is 0 Å². The normalized spacial score (nSPS) is 14.9. The molecule has 0 radical (unpaired) electrons. The van der Waals surface area contributed by atoms with Gasteiger partial charge in [-0.15, -0.1) is 0 Å². The molecule has 1 aliphatic rings. The van der Waals surface area contributed by atoms with Crippen molar-refractivity contribution in [1.29, 1.82) is 0 Å². The van der Waals surface area contributed by atoms with E-state index in [0.29, 0.717) is 32.2 Å². The summed E-state index contributed by atoms with van der Waals surface area (Å²) in [5, 5.41) is 4.30. The largest absolute Gasteiger partial charge is 0.345 e. The first-order valence-corrected chi connectivity index (χ1v) is 9.52. The van der Waals surface area contributed by atoms with Gasteiger partial charge in [0.25, 0.3) is 11.5 Å². The molecule has 1 amide bonds. The molecular formula is C20H18ClN3O2S. The predicted octanol–water partition coefficient (Wildman–Crippen LogP) is 4.13. The van der Waals surface area contributed by atoms with E-state index in [2.05, 4.69) is 10.3 Å². The van der Waals surface area contributed by atoms with Crippen LogP contribution in [0.3, 0.4) is 0 Å². The van der Waals surface area contributed by atoms with Gasteiger partial charge in [-0.25, -0.2) is 0 Å². The number of rotatable bonds is 4. The van der Waals surface area contributed by atoms with Crippen LogP contribution in [0, 0.1) is 10.7 Å². The summed E-state index contributed by atoms with van der Waals surface area (Å²) in [6.45, 7) is 0. The van der Waals surface area contributed by atoms with Crippen molar-refractivity contribution in [2.45, 2.75) is 18.9 Å². The van der Waals surface area contributed by atoms with Crippen molar-refractivity contribution in [2.24, 2.45) is 13.0 Å². The minimum Gasteiger partial charge on any atom is -0.345 e. The molecule has 4 rings (SSSR count). The number of carbonyl (C=O) groups is 1. The Balaban J connectivity index is 1.65. The molecule has 0 saturated heterocycles. The number of carbonyl (C=O) groups excluding carboxylic acids is 1. The smallest absolute Gasteiger partial charge is 0.261 e. The van der Waals surface area contributed by atoms with Crippen molar-refractivity contribution in [1.82, 2.24) is 14.9 Å². The summed E-state index contributed by atoms with van der Waals surface area (Å²) >= 11 is 11.1. The van der Waals surface area contributed by atoms with Gasteiger partial charge in [-0.3, -0.25) is 14.2 Å².